The molecule has 43 heavy (non-hydrogen) atoms. The summed E-state index contributed by atoms with van der Waals surface area (Å²) in [7, 11) is 0. The highest BCUT2D eigenvalue weighted by molar-refractivity contribution is 7.91. The first-order valence-electron chi connectivity index (χ1n) is 15.8. The van der Waals surface area contributed by atoms with Gasteiger partial charge in [-0.2, -0.15) is 22.0 Å². The van der Waals surface area contributed by atoms with E-state index in [4.69, 9.17) is 0 Å². The van der Waals surface area contributed by atoms with Crippen LogP contribution < -0.4 is 0 Å². The lowest BCUT2D eigenvalue weighted by atomic mass is 9.51. The SMILES string of the molecule is C=C1[C@H](O)C[C@H]2[C@@H]3[C@H](CCCCCCCCC[S+]([O-])CCCC(F)(F)C(F)(F)F)[C@H](O)c4cc(O)ccc4[C@H]3CC[C@]12C. The largest absolute Gasteiger partial charge is 0.616 e. The highest BCUT2D eigenvalue weighted by atomic mass is 32.2. The summed E-state index contributed by atoms with van der Waals surface area (Å²) in [5, 5.41) is 32.5. The first kappa shape index (κ1) is 34.5. The number of hydrogen-bond donors (Lipinski definition) is 3. The third-order valence-corrected chi connectivity index (χ3v) is 12.2. The van der Waals surface area contributed by atoms with Gasteiger partial charge in [-0.15, -0.1) is 0 Å². The molecule has 3 aliphatic carbocycles. The number of hydrogen-bond acceptors (Lipinski definition) is 4. The number of phenolic OH excluding ortho intramolecular Hbond substituents is 1. The molecule has 2 saturated carbocycles. The van der Waals surface area contributed by atoms with E-state index >= 15 is 0 Å². The van der Waals surface area contributed by atoms with E-state index in [1.54, 1.807) is 12.1 Å². The van der Waals surface area contributed by atoms with E-state index in [1.165, 1.54) is 0 Å². The molecule has 4 rings (SSSR count). The number of phenols is 1. The molecule has 244 valence electrons. The van der Waals surface area contributed by atoms with Crippen LogP contribution in [0.1, 0.15) is 114 Å². The molecule has 3 N–H and O–H groups in total. The summed E-state index contributed by atoms with van der Waals surface area (Å²) in [5.74, 6) is -3.59. The van der Waals surface area contributed by atoms with Crippen LogP contribution in [0.5, 0.6) is 5.75 Å². The van der Waals surface area contributed by atoms with Gasteiger partial charge >= 0.3 is 12.1 Å². The topological polar surface area (TPSA) is 83.8 Å². The summed E-state index contributed by atoms with van der Waals surface area (Å²) in [6.45, 7) is 6.48. The van der Waals surface area contributed by atoms with E-state index in [-0.39, 0.29) is 40.6 Å². The van der Waals surface area contributed by atoms with Gasteiger partial charge < -0.3 is 19.9 Å². The van der Waals surface area contributed by atoms with Gasteiger partial charge in [0.15, 0.2) is 0 Å². The minimum Gasteiger partial charge on any atom is -0.616 e. The summed E-state index contributed by atoms with van der Waals surface area (Å²) < 4.78 is 74.6. The van der Waals surface area contributed by atoms with Gasteiger partial charge in [0.2, 0.25) is 0 Å². The van der Waals surface area contributed by atoms with Crippen molar-refractivity contribution in [2.75, 3.05) is 11.5 Å². The standard InChI is InChI=1S/C33H47F5O4S/c1-21-28(40)20-27-29-24(14-16-31(21,27)2)23-13-12-22(39)19-26(23)30(41)25(29)11-8-6-4-3-5-7-9-17-43(42)18-10-15-32(34,35)33(36,37)38/h12-13,19,24-25,27-30,39-41H,1,3-11,14-18,20H2,2H3/t24-,25+,27+,28-,29+,30+,31-,43?/m1/s1. The molecule has 3 aliphatic rings. The highest BCUT2D eigenvalue weighted by Gasteiger charge is 2.58. The fraction of sp³-hybridized carbons (Fsp3) is 0.758. The zero-order valence-corrected chi connectivity index (χ0v) is 25.9. The number of aliphatic hydroxyl groups is 2. The second-order valence-electron chi connectivity index (χ2n) is 13.4. The number of rotatable bonds is 14. The zero-order chi connectivity index (χ0) is 31.6. The van der Waals surface area contributed by atoms with Crippen molar-refractivity contribution in [1.29, 1.82) is 0 Å². The quantitative estimate of drug-likeness (QED) is 0.0832. The van der Waals surface area contributed by atoms with Crippen LogP contribution in [0.25, 0.3) is 0 Å². The molecule has 0 saturated heterocycles. The minimum atomic E-state index is -5.56. The lowest BCUT2D eigenvalue weighted by molar-refractivity contribution is -0.284. The van der Waals surface area contributed by atoms with E-state index < -0.39 is 48.3 Å². The van der Waals surface area contributed by atoms with Gasteiger partial charge in [0.05, 0.1) is 12.2 Å². The third-order valence-electron chi connectivity index (χ3n) is 10.7. The van der Waals surface area contributed by atoms with Crippen LogP contribution in [0.2, 0.25) is 0 Å². The van der Waals surface area contributed by atoms with E-state index in [0.29, 0.717) is 18.6 Å². The minimum absolute atomic E-state index is 0.0353. The van der Waals surface area contributed by atoms with E-state index in [0.717, 1.165) is 74.5 Å². The molecule has 1 aromatic carbocycles. The maximum absolute atomic E-state index is 13.0. The summed E-state index contributed by atoms with van der Waals surface area (Å²) >= 11 is -1.39. The lowest BCUT2D eigenvalue weighted by Crippen LogP contribution is -2.45. The number of halogens is 5. The van der Waals surface area contributed by atoms with Gasteiger partial charge in [-0.1, -0.05) is 62.8 Å². The van der Waals surface area contributed by atoms with Gasteiger partial charge in [0.1, 0.15) is 17.3 Å². The molecule has 0 amide bonds. The molecular formula is C33H47F5O4S. The Morgan fingerprint density at radius 2 is 1.58 bits per heavy atom. The summed E-state index contributed by atoms with van der Waals surface area (Å²) in [5.41, 5.74) is 2.75. The molecule has 0 spiro atoms. The molecule has 0 aliphatic heterocycles. The molecular weight excluding hydrogens is 587 g/mol. The van der Waals surface area contributed by atoms with Crippen LogP contribution in [-0.4, -0.2) is 49.6 Å². The number of alkyl halides is 5. The van der Waals surface area contributed by atoms with Crippen LogP contribution in [0.3, 0.4) is 0 Å². The number of aromatic hydroxyl groups is 1. The highest BCUT2D eigenvalue weighted by Crippen LogP contribution is 2.65. The van der Waals surface area contributed by atoms with Gasteiger partial charge in [-0.25, -0.2) is 0 Å². The average molecular weight is 635 g/mol. The fourth-order valence-electron chi connectivity index (χ4n) is 8.25. The number of fused-ring (bicyclic) bond motifs is 5. The Kier molecular flexibility index (Phi) is 11.2. The van der Waals surface area contributed by atoms with Crippen molar-refractivity contribution in [2.24, 2.45) is 23.2 Å². The van der Waals surface area contributed by atoms with Crippen molar-refractivity contribution in [2.45, 2.75) is 121 Å². The molecule has 8 atom stereocenters. The monoisotopic (exact) mass is 634 g/mol. The van der Waals surface area contributed by atoms with Gasteiger partial charge in [-0.3, -0.25) is 0 Å². The van der Waals surface area contributed by atoms with Crippen molar-refractivity contribution >= 4 is 11.2 Å². The summed E-state index contributed by atoms with van der Waals surface area (Å²) in [4.78, 5) is 0. The van der Waals surface area contributed by atoms with Gasteiger partial charge in [0.25, 0.3) is 0 Å². The molecule has 0 radical (unpaired) electrons. The second-order valence-corrected chi connectivity index (χ2v) is 15.1. The first-order valence-corrected chi connectivity index (χ1v) is 17.3. The van der Waals surface area contributed by atoms with Crippen LogP contribution in [-0.2, 0) is 11.2 Å². The Morgan fingerprint density at radius 3 is 2.26 bits per heavy atom. The maximum atomic E-state index is 13.0. The van der Waals surface area contributed by atoms with Crippen molar-refractivity contribution in [3.05, 3.63) is 41.5 Å². The van der Waals surface area contributed by atoms with Crippen LogP contribution in [0, 0.1) is 23.2 Å². The van der Waals surface area contributed by atoms with Crippen LogP contribution in [0.15, 0.2) is 30.4 Å². The Morgan fingerprint density at radius 1 is 0.953 bits per heavy atom. The second kappa shape index (κ2) is 14.0. The summed E-state index contributed by atoms with van der Waals surface area (Å²) in [6.07, 6.45) is 1.38. The normalized spacial score (nSPS) is 31.4. The smallest absolute Gasteiger partial charge is 0.453 e. The van der Waals surface area contributed by atoms with Gasteiger partial charge in [-0.05, 0) is 103 Å². The molecule has 1 aromatic rings. The lowest BCUT2D eigenvalue weighted by Gasteiger charge is -2.53. The first-order chi connectivity index (χ1) is 20.2. The molecule has 0 aromatic heterocycles. The molecule has 0 heterocycles. The Bertz CT molecular complexity index is 1100. The average Bonchev–Trinajstić information content (AvgIpc) is 3.16. The Balaban J connectivity index is 1.20. The predicted molar refractivity (Wildman–Crippen MR) is 158 cm³/mol. The molecule has 0 bridgehead atoms. The van der Waals surface area contributed by atoms with E-state index in [2.05, 4.69) is 13.5 Å². The number of aliphatic hydroxyl groups excluding tert-OH is 2. The van der Waals surface area contributed by atoms with Crippen molar-refractivity contribution in [3.8, 4) is 5.75 Å². The molecule has 10 heteroatoms. The van der Waals surface area contributed by atoms with Gasteiger partial charge in [0, 0.05) is 6.42 Å². The van der Waals surface area contributed by atoms with Crippen molar-refractivity contribution in [1.82, 2.24) is 0 Å². The molecule has 4 nitrogen and oxygen atoms in total. The molecule has 1 unspecified atom stereocenters. The zero-order valence-electron chi connectivity index (χ0n) is 25.1. The number of benzene rings is 1. The fourth-order valence-corrected chi connectivity index (χ4v) is 9.45. The van der Waals surface area contributed by atoms with Crippen molar-refractivity contribution in [3.63, 3.8) is 0 Å². The van der Waals surface area contributed by atoms with Crippen LogP contribution >= 0.6 is 0 Å². The van der Waals surface area contributed by atoms with E-state index in [9.17, 15) is 41.8 Å². The maximum Gasteiger partial charge on any atom is 0.453 e. The third kappa shape index (κ3) is 7.55. The molecule has 2 fully saturated rings. The predicted octanol–water partition coefficient (Wildman–Crippen LogP) is 8.34. The van der Waals surface area contributed by atoms with Crippen LogP contribution in [0.4, 0.5) is 22.0 Å². The Labute approximate surface area is 255 Å². The number of unbranched alkanes of at least 4 members (excludes halogenated alkanes) is 6. The Hall–Kier alpha value is -1.36. The van der Waals surface area contributed by atoms with E-state index in [1.807, 2.05) is 6.07 Å². The summed E-state index contributed by atoms with van der Waals surface area (Å²) in [6, 6.07) is 5.38. The van der Waals surface area contributed by atoms with Crippen molar-refractivity contribution < 1.29 is 41.8 Å².